The first kappa shape index (κ1) is 15.8. The van der Waals surface area contributed by atoms with Crippen LogP contribution < -0.4 is 15.4 Å². The minimum atomic E-state index is -0.0130. The summed E-state index contributed by atoms with van der Waals surface area (Å²) in [5.41, 5.74) is 1.18. The number of carbonyl (C=O) groups is 1. The maximum atomic E-state index is 12.3. The van der Waals surface area contributed by atoms with E-state index in [-0.39, 0.29) is 17.7 Å². The largest absolute Gasteiger partial charge is 0.497 e. The van der Waals surface area contributed by atoms with Gasteiger partial charge in [0.25, 0.3) is 0 Å². The molecule has 1 aromatic carbocycles. The lowest BCUT2D eigenvalue weighted by atomic mass is 9.88. The number of rotatable bonds is 7. The Hall–Kier alpha value is -1.59. The molecule has 1 aromatic rings. The molecule has 5 heteroatoms. The van der Waals surface area contributed by atoms with Crippen molar-refractivity contribution in [2.24, 2.45) is 5.92 Å². The summed E-state index contributed by atoms with van der Waals surface area (Å²) in [5, 5.41) is 6.31. The molecule has 0 saturated carbocycles. The summed E-state index contributed by atoms with van der Waals surface area (Å²) in [5.74, 6) is 1.17. The summed E-state index contributed by atoms with van der Waals surface area (Å²) in [6.07, 6.45) is 0.843. The minimum absolute atomic E-state index is 0.0130. The third-order valence-corrected chi connectivity index (χ3v) is 3.92. The fourth-order valence-corrected chi connectivity index (χ4v) is 2.71. The Bertz CT molecular complexity index is 447. The lowest BCUT2D eigenvalue weighted by Crippen LogP contribution is -2.35. The highest BCUT2D eigenvalue weighted by Gasteiger charge is 2.33. The van der Waals surface area contributed by atoms with E-state index in [2.05, 4.69) is 10.6 Å². The van der Waals surface area contributed by atoms with Crippen LogP contribution in [0.3, 0.4) is 0 Å². The Morgan fingerprint density at radius 1 is 1.29 bits per heavy atom. The lowest BCUT2D eigenvalue weighted by Gasteiger charge is -2.19. The molecule has 1 heterocycles. The van der Waals surface area contributed by atoms with Crippen LogP contribution in [0.15, 0.2) is 24.3 Å². The average molecular weight is 292 g/mol. The Balaban J connectivity index is 1.93. The van der Waals surface area contributed by atoms with Crippen LogP contribution in [0.4, 0.5) is 0 Å². The molecule has 0 radical (unpaired) electrons. The number of carbonyl (C=O) groups excluding carboxylic acids is 1. The highest BCUT2D eigenvalue weighted by atomic mass is 16.5. The summed E-state index contributed by atoms with van der Waals surface area (Å²) >= 11 is 0. The summed E-state index contributed by atoms with van der Waals surface area (Å²) < 4.78 is 10.2. The molecule has 116 valence electrons. The highest BCUT2D eigenvalue weighted by Crippen LogP contribution is 2.29. The summed E-state index contributed by atoms with van der Waals surface area (Å²) in [4.78, 5) is 12.3. The molecule has 1 aliphatic rings. The van der Waals surface area contributed by atoms with Gasteiger partial charge in [0.05, 0.1) is 13.0 Å². The van der Waals surface area contributed by atoms with Crippen molar-refractivity contribution in [1.82, 2.24) is 10.6 Å². The van der Waals surface area contributed by atoms with Crippen LogP contribution >= 0.6 is 0 Å². The van der Waals surface area contributed by atoms with E-state index in [9.17, 15) is 4.79 Å². The van der Waals surface area contributed by atoms with Gasteiger partial charge in [0.15, 0.2) is 0 Å². The number of methoxy groups -OCH3 is 2. The molecule has 2 N–H and O–H groups in total. The SMILES string of the molecule is COCCCNC(=O)C1CNCC1c1ccc(OC)cc1. The van der Waals surface area contributed by atoms with E-state index in [0.717, 1.165) is 25.3 Å². The van der Waals surface area contributed by atoms with E-state index in [0.29, 0.717) is 13.2 Å². The quantitative estimate of drug-likeness (QED) is 0.740. The lowest BCUT2D eigenvalue weighted by molar-refractivity contribution is -0.124. The maximum Gasteiger partial charge on any atom is 0.225 e. The van der Waals surface area contributed by atoms with Gasteiger partial charge < -0.3 is 20.1 Å². The molecule has 21 heavy (non-hydrogen) atoms. The van der Waals surface area contributed by atoms with Crippen LogP contribution in [-0.4, -0.2) is 46.4 Å². The predicted octanol–water partition coefficient (Wildman–Crippen LogP) is 1.15. The molecule has 5 nitrogen and oxygen atoms in total. The number of nitrogens with one attached hydrogen (secondary N) is 2. The van der Waals surface area contributed by atoms with Gasteiger partial charge in [0.2, 0.25) is 5.91 Å². The Kier molecular flexibility index (Phi) is 6.02. The molecular formula is C16H24N2O3. The zero-order chi connectivity index (χ0) is 15.1. The fourth-order valence-electron chi connectivity index (χ4n) is 2.71. The monoisotopic (exact) mass is 292 g/mol. The number of hydrogen-bond acceptors (Lipinski definition) is 4. The van der Waals surface area contributed by atoms with Gasteiger partial charge in [0.1, 0.15) is 5.75 Å². The van der Waals surface area contributed by atoms with Crippen molar-refractivity contribution in [3.05, 3.63) is 29.8 Å². The van der Waals surface area contributed by atoms with E-state index < -0.39 is 0 Å². The second kappa shape index (κ2) is 8.00. The molecule has 0 bridgehead atoms. The van der Waals surface area contributed by atoms with Crippen LogP contribution in [0.5, 0.6) is 5.75 Å². The Morgan fingerprint density at radius 2 is 2.05 bits per heavy atom. The summed E-state index contributed by atoms with van der Waals surface area (Å²) in [7, 11) is 3.32. The van der Waals surface area contributed by atoms with Crippen molar-refractivity contribution in [2.75, 3.05) is 40.5 Å². The number of hydrogen-bond donors (Lipinski definition) is 2. The van der Waals surface area contributed by atoms with Gasteiger partial charge >= 0.3 is 0 Å². The summed E-state index contributed by atoms with van der Waals surface area (Å²) in [6, 6.07) is 7.98. The Morgan fingerprint density at radius 3 is 2.71 bits per heavy atom. The third-order valence-electron chi connectivity index (χ3n) is 3.92. The van der Waals surface area contributed by atoms with E-state index in [1.807, 2.05) is 24.3 Å². The van der Waals surface area contributed by atoms with E-state index in [4.69, 9.17) is 9.47 Å². The van der Waals surface area contributed by atoms with Crippen molar-refractivity contribution in [3.63, 3.8) is 0 Å². The van der Waals surface area contributed by atoms with Crippen molar-refractivity contribution >= 4 is 5.91 Å². The number of benzene rings is 1. The molecule has 1 saturated heterocycles. The second-order valence-corrected chi connectivity index (χ2v) is 5.28. The molecule has 0 aromatic heterocycles. The molecule has 2 rings (SSSR count). The van der Waals surface area contributed by atoms with Crippen molar-refractivity contribution in [1.29, 1.82) is 0 Å². The third kappa shape index (κ3) is 4.19. The zero-order valence-corrected chi connectivity index (χ0v) is 12.7. The van der Waals surface area contributed by atoms with Gasteiger partial charge in [-0.05, 0) is 24.1 Å². The second-order valence-electron chi connectivity index (χ2n) is 5.28. The molecule has 2 atom stereocenters. The topological polar surface area (TPSA) is 59.6 Å². The van der Waals surface area contributed by atoms with Crippen LogP contribution in [0.1, 0.15) is 17.9 Å². The van der Waals surface area contributed by atoms with Gasteiger partial charge in [-0.25, -0.2) is 0 Å². The maximum absolute atomic E-state index is 12.3. The normalized spacial score (nSPS) is 21.2. The average Bonchev–Trinajstić information content (AvgIpc) is 3.01. The van der Waals surface area contributed by atoms with Gasteiger partial charge in [-0.1, -0.05) is 12.1 Å². The molecular weight excluding hydrogens is 268 g/mol. The van der Waals surface area contributed by atoms with Crippen LogP contribution in [0.25, 0.3) is 0 Å². The van der Waals surface area contributed by atoms with Crippen LogP contribution in [-0.2, 0) is 9.53 Å². The van der Waals surface area contributed by atoms with Crippen molar-refractivity contribution in [2.45, 2.75) is 12.3 Å². The van der Waals surface area contributed by atoms with E-state index in [1.54, 1.807) is 14.2 Å². The van der Waals surface area contributed by atoms with Crippen molar-refractivity contribution < 1.29 is 14.3 Å². The predicted molar refractivity (Wildman–Crippen MR) is 81.6 cm³/mol. The van der Waals surface area contributed by atoms with Gasteiger partial charge in [-0.15, -0.1) is 0 Å². The standard InChI is InChI=1S/C16H24N2O3/c1-20-9-3-8-18-16(19)15-11-17-10-14(15)12-4-6-13(21-2)7-5-12/h4-7,14-15,17H,3,8-11H2,1-2H3,(H,18,19). The van der Waals surface area contributed by atoms with Gasteiger partial charge in [-0.2, -0.15) is 0 Å². The summed E-state index contributed by atoms with van der Waals surface area (Å²) in [6.45, 7) is 2.90. The molecule has 2 unspecified atom stereocenters. The molecule has 1 aliphatic heterocycles. The van der Waals surface area contributed by atoms with E-state index in [1.165, 1.54) is 5.56 Å². The smallest absolute Gasteiger partial charge is 0.225 e. The minimum Gasteiger partial charge on any atom is -0.497 e. The number of amides is 1. The van der Waals surface area contributed by atoms with Gasteiger partial charge in [-0.3, -0.25) is 4.79 Å². The first-order valence-electron chi connectivity index (χ1n) is 7.37. The van der Waals surface area contributed by atoms with Crippen LogP contribution in [0.2, 0.25) is 0 Å². The number of ether oxygens (including phenoxy) is 2. The molecule has 0 spiro atoms. The molecule has 0 aliphatic carbocycles. The van der Waals surface area contributed by atoms with Gasteiger partial charge in [0, 0.05) is 39.3 Å². The first-order chi connectivity index (χ1) is 10.3. The fraction of sp³-hybridized carbons (Fsp3) is 0.562. The van der Waals surface area contributed by atoms with Crippen molar-refractivity contribution in [3.8, 4) is 5.75 Å². The molecule has 1 amide bonds. The Labute approximate surface area is 126 Å². The highest BCUT2D eigenvalue weighted by molar-refractivity contribution is 5.80. The first-order valence-corrected chi connectivity index (χ1v) is 7.37. The molecule has 1 fully saturated rings. The van der Waals surface area contributed by atoms with E-state index >= 15 is 0 Å². The van der Waals surface area contributed by atoms with Crippen LogP contribution in [0, 0.1) is 5.92 Å². The zero-order valence-electron chi connectivity index (χ0n) is 12.7.